The molecule has 0 amide bonds. The molecule has 0 bridgehead atoms. The van der Waals surface area contributed by atoms with E-state index < -0.39 is 46.6 Å². The van der Waals surface area contributed by atoms with Crippen molar-refractivity contribution in [2.24, 2.45) is 0 Å². The van der Waals surface area contributed by atoms with Gasteiger partial charge in [-0.1, -0.05) is 60.7 Å². The highest BCUT2D eigenvalue weighted by Crippen LogP contribution is 2.43. The van der Waals surface area contributed by atoms with Crippen LogP contribution >= 0.6 is 0 Å². The fraction of sp³-hybridized carbons (Fsp3) is 0.435. The van der Waals surface area contributed by atoms with Crippen LogP contribution in [0.3, 0.4) is 0 Å². The monoisotopic (exact) mass is 475 g/mol. The molecular formula is C23H25NO8S. The van der Waals surface area contributed by atoms with Gasteiger partial charge in [-0.25, -0.2) is 4.18 Å². The van der Waals surface area contributed by atoms with Crippen LogP contribution in [0.2, 0.25) is 0 Å². The first-order valence-corrected chi connectivity index (χ1v) is 12.2. The summed E-state index contributed by atoms with van der Waals surface area (Å²) in [4.78, 5) is 0. The van der Waals surface area contributed by atoms with Crippen molar-refractivity contribution in [3.05, 3.63) is 71.8 Å². The zero-order chi connectivity index (χ0) is 23.5. The third kappa shape index (κ3) is 5.10. The molecule has 0 N–H and O–H groups in total. The van der Waals surface area contributed by atoms with Gasteiger partial charge < -0.3 is 23.7 Å². The van der Waals surface area contributed by atoms with Gasteiger partial charge in [0.15, 0.2) is 18.7 Å². The van der Waals surface area contributed by atoms with Crippen molar-refractivity contribution in [1.29, 1.82) is 5.26 Å². The van der Waals surface area contributed by atoms with Crippen LogP contribution in [0.4, 0.5) is 0 Å². The van der Waals surface area contributed by atoms with Crippen LogP contribution in [0.1, 0.15) is 17.4 Å². The molecule has 0 aliphatic carbocycles. The van der Waals surface area contributed by atoms with Gasteiger partial charge in [0.2, 0.25) is 5.60 Å². The Morgan fingerprint density at radius 2 is 1.76 bits per heavy atom. The highest BCUT2D eigenvalue weighted by atomic mass is 32.2. The lowest BCUT2D eigenvalue weighted by atomic mass is 9.84. The van der Waals surface area contributed by atoms with Gasteiger partial charge in [-0.3, -0.25) is 0 Å². The summed E-state index contributed by atoms with van der Waals surface area (Å²) in [5.41, 5.74) is -0.559. The molecule has 6 atom stereocenters. The molecule has 10 heteroatoms. The average Bonchev–Trinajstić information content (AvgIpc) is 2.83. The molecule has 1 unspecified atom stereocenters. The number of nitrogens with zero attached hydrogens (tertiary/aromatic N) is 1. The first-order valence-electron chi connectivity index (χ1n) is 10.3. The molecule has 176 valence electrons. The number of benzene rings is 2. The fourth-order valence-electron chi connectivity index (χ4n) is 4.04. The predicted octanol–water partition coefficient (Wildman–Crippen LogP) is 2.30. The zero-order valence-electron chi connectivity index (χ0n) is 18.2. The van der Waals surface area contributed by atoms with Crippen molar-refractivity contribution in [3.63, 3.8) is 0 Å². The minimum absolute atomic E-state index is 0.0338. The highest BCUT2D eigenvalue weighted by Gasteiger charge is 2.64. The topological polar surface area (TPSA) is 113 Å². The number of nitriles is 1. The van der Waals surface area contributed by atoms with E-state index in [4.69, 9.17) is 27.9 Å². The maximum atomic E-state index is 12.3. The normalized spacial score (nSPS) is 32.0. The summed E-state index contributed by atoms with van der Waals surface area (Å²) in [5, 5.41) is 10.3. The van der Waals surface area contributed by atoms with Crippen molar-refractivity contribution in [2.75, 3.05) is 20.0 Å². The molecule has 2 fully saturated rings. The SMILES string of the molecule is CO[C@H]1O[C@@H]2CO[C@@H](c3ccccc3)O[C@H]2C(C#N)(OS(C)(=O)=O)[C@H]1OCc1ccccc1. The molecule has 2 aromatic rings. The van der Waals surface area contributed by atoms with Gasteiger partial charge in [-0.15, -0.1) is 0 Å². The maximum Gasteiger partial charge on any atom is 0.266 e. The molecule has 33 heavy (non-hydrogen) atoms. The quantitative estimate of drug-likeness (QED) is 0.557. The number of hydrogen-bond acceptors (Lipinski definition) is 9. The van der Waals surface area contributed by atoms with E-state index in [1.165, 1.54) is 7.11 Å². The smallest absolute Gasteiger partial charge is 0.266 e. The van der Waals surface area contributed by atoms with E-state index in [-0.39, 0.29) is 13.2 Å². The molecule has 2 heterocycles. The van der Waals surface area contributed by atoms with Gasteiger partial charge in [-0.05, 0) is 5.56 Å². The second-order valence-corrected chi connectivity index (χ2v) is 9.40. The Labute approximate surface area is 192 Å². The lowest BCUT2D eigenvalue weighted by Crippen LogP contribution is -2.71. The lowest BCUT2D eigenvalue weighted by Gasteiger charge is -2.51. The Hall–Kier alpha value is -2.36. The van der Waals surface area contributed by atoms with Crippen LogP contribution in [0.5, 0.6) is 0 Å². The largest absolute Gasteiger partial charge is 0.364 e. The summed E-state index contributed by atoms with van der Waals surface area (Å²) in [5.74, 6) is 0. The Morgan fingerprint density at radius 1 is 1.09 bits per heavy atom. The van der Waals surface area contributed by atoms with E-state index >= 15 is 0 Å². The predicted molar refractivity (Wildman–Crippen MR) is 115 cm³/mol. The summed E-state index contributed by atoms with van der Waals surface area (Å²) in [6, 6.07) is 20.4. The van der Waals surface area contributed by atoms with Crippen LogP contribution in [0, 0.1) is 11.3 Å². The van der Waals surface area contributed by atoms with Gasteiger partial charge in [-0.2, -0.15) is 13.7 Å². The third-order valence-corrected chi connectivity index (χ3v) is 6.04. The number of fused-ring (bicyclic) bond motifs is 1. The van der Waals surface area contributed by atoms with Gasteiger partial charge in [0.05, 0.1) is 19.5 Å². The Morgan fingerprint density at radius 3 is 2.36 bits per heavy atom. The molecule has 0 aromatic heterocycles. The van der Waals surface area contributed by atoms with Gasteiger partial charge in [0.25, 0.3) is 10.1 Å². The minimum atomic E-state index is -4.11. The molecule has 9 nitrogen and oxygen atoms in total. The van der Waals surface area contributed by atoms with Crippen LogP contribution in [-0.2, 0) is 44.6 Å². The first kappa shape index (κ1) is 23.8. The second-order valence-electron chi connectivity index (χ2n) is 7.82. The van der Waals surface area contributed by atoms with Gasteiger partial charge >= 0.3 is 0 Å². The summed E-state index contributed by atoms with van der Waals surface area (Å²) in [7, 11) is -2.73. The standard InChI is InChI=1S/C23H25NO8S/c1-27-22-20(28-13-16-9-5-3-6-10-16)23(15-24,32-33(2,25)26)19-18(30-22)14-29-21(31-19)17-11-7-4-8-12-17/h3-12,18-22H,13-14H2,1-2H3/t18-,19-,20+,21-,22+,23?/m1/s1. The van der Waals surface area contributed by atoms with E-state index in [2.05, 4.69) is 0 Å². The molecule has 2 saturated heterocycles. The summed E-state index contributed by atoms with van der Waals surface area (Å²) in [6.45, 7) is 0.104. The number of hydrogen-bond donors (Lipinski definition) is 0. The van der Waals surface area contributed by atoms with Crippen molar-refractivity contribution >= 4 is 10.1 Å². The van der Waals surface area contributed by atoms with Crippen LogP contribution < -0.4 is 0 Å². The highest BCUT2D eigenvalue weighted by molar-refractivity contribution is 7.86. The second kappa shape index (κ2) is 9.87. The molecule has 2 aromatic carbocycles. The fourth-order valence-corrected chi connectivity index (χ4v) is 4.77. The first-order chi connectivity index (χ1) is 15.9. The van der Waals surface area contributed by atoms with E-state index in [0.717, 1.165) is 11.8 Å². The van der Waals surface area contributed by atoms with E-state index in [9.17, 15) is 13.7 Å². The van der Waals surface area contributed by atoms with Crippen LogP contribution in [0.25, 0.3) is 0 Å². The minimum Gasteiger partial charge on any atom is -0.364 e. The molecular weight excluding hydrogens is 450 g/mol. The number of methoxy groups -OCH3 is 1. The van der Waals surface area contributed by atoms with Crippen molar-refractivity contribution < 1.29 is 36.3 Å². The van der Waals surface area contributed by atoms with Crippen molar-refractivity contribution in [1.82, 2.24) is 0 Å². The van der Waals surface area contributed by atoms with E-state index in [1.54, 1.807) is 0 Å². The Kier molecular flexibility index (Phi) is 7.11. The summed E-state index contributed by atoms with van der Waals surface area (Å²) < 4.78 is 59.4. The number of ether oxygens (including phenoxy) is 5. The molecule has 2 aliphatic rings. The van der Waals surface area contributed by atoms with Gasteiger partial charge in [0, 0.05) is 12.7 Å². The number of rotatable bonds is 7. The zero-order valence-corrected chi connectivity index (χ0v) is 19.0. The molecule has 4 rings (SSSR count). The Bertz CT molecular complexity index is 1070. The van der Waals surface area contributed by atoms with Crippen LogP contribution in [0.15, 0.2) is 60.7 Å². The van der Waals surface area contributed by atoms with E-state index in [0.29, 0.717) is 5.56 Å². The molecule has 0 radical (unpaired) electrons. The van der Waals surface area contributed by atoms with E-state index in [1.807, 2.05) is 66.7 Å². The molecule has 0 spiro atoms. The van der Waals surface area contributed by atoms with Crippen molar-refractivity contribution in [2.45, 2.75) is 43.1 Å². The Balaban J connectivity index is 1.71. The van der Waals surface area contributed by atoms with Crippen molar-refractivity contribution in [3.8, 4) is 6.07 Å². The molecule has 2 aliphatic heterocycles. The molecule has 0 saturated carbocycles. The average molecular weight is 476 g/mol. The van der Waals surface area contributed by atoms with Crippen LogP contribution in [-0.4, -0.2) is 58.6 Å². The lowest BCUT2D eigenvalue weighted by molar-refractivity contribution is -0.374. The summed E-state index contributed by atoms with van der Waals surface area (Å²) in [6.07, 6.45) is -4.27. The maximum absolute atomic E-state index is 12.3. The summed E-state index contributed by atoms with van der Waals surface area (Å²) >= 11 is 0. The third-order valence-electron chi connectivity index (χ3n) is 5.46. The van der Waals surface area contributed by atoms with Gasteiger partial charge in [0.1, 0.15) is 18.3 Å².